The second-order valence-corrected chi connectivity index (χ2v) is 8.12. The van der Waals surface area contributed by atoms with Crippen molar-refractivity contribution in [1.82, 2.24) is 9.88 Å². The van der Waals surface area contributed by atoms with E-state index in [2.05, 4.69) is 4.98 Å². The number of hydrogen-bond donors (Lipinski definition) is 0. The fourth-order valence-electron chi connectivity index (χ4n) is 2.38. The molecule has 0 spiro atoms. The van der Waals surface area contributed by atoms with Crippen LogP contribution in [-0.4, -0.2) is 40.8 Å². The molecule has 7 heteroatoms. The molecular weight excluding hydrogens is 324 g/mol. The van der Waals surface area contributed by atoms with Gasteiger partial charge in [0.25, 0.3) is 0 Å². The van der Waals surface area contributed by atoms with Gasteiger partial charge in [-0.1, -0.05) is 11.6 Å². The van der Waals surface area contributed by atoms with Crippen LogP contribution in [0.2, 0.25) is 4.47 Å². The van der Waals surface area contributed by atoms with Crippen molar-refractivity contribution in [3.63, 3.8) is 0 Å². The Morgan fingerprint density at radius 1 is 1.50 bits per heavy atom. The molecule has 1 aliphatic heterocycles. The second kappa shape index (κ2) is 7.62. The van der Waals surface area contributed by atoms with Crippen molar-refractivity contribution in [3.8, 4) is 0 Å². The van der Waals surface area contributed by atoms with Crippen LogP contribution in [0.4, 0.5) is 4.79 Å². The molecule has 1 fully saturated rings. The van der Waals surface area contributed by atoms with E-state index in [4.69, 9.17) is 21.1 Å². The summed E-state index contributed by atoms with van der Waals surface area (Å²) in [5.41, 5.74) is -0.473. The number of aromatic nitrogens is 1. The third kappa shape index (κ3) is 5.41. The van der Waals surface area contributed by atoms with Gasteiger partial charge < -0.3 is 14.4 Å². The predicted molar refractivity (Wildman–Crippen MR) is 87.4 cm³/mol. The molecule has 0 radical (unpaired) electrons. The Hall–Kier alpha value is -0.850. The molecule has 2 heterocycles. The zero-order chi connectivity index (χ0) is 16.2. The predicted octanol–water partition coefficient (Wildman–Crippen LogP) is 4.10. The summed E-state index contributed by atoms with van der Waals surface area (Å²) in [6, 6.07) is 0.0759. The van der Waals surface area contributed by atoms with Gasteiger partial charge in [-0.05, 0) is 40.0 Å². The number of likely N-dealkylation sites (tertiary alicyclic amines) is 1. The molecule has 22 heavy (non-hydrogen) atoms. The van der Waals surface area contributed by atoms with Crippen LogP contribution in [0.15, 0.2) is 6.20 Å². The quantitative estimate of drug-likeness (QED) is 0.823. The smallest absolute Gasteiger partial charge is 0.410 e. The highest BCUT2D eigenvalue weighted by Crippen LogP contribution is 2.22. The summed E-state index contributed by atoms with van der Waals surface area (Å²) in [5.74, 6) is 0. The number of rotatable bonds is 4. The average molecular weight is 347 g/mol. The minimum absolute atomic E-state index is 0.0759. The van der Waals surface area contributed by atoms with Crippen LogP contribution in [0, 0.1) is 0 Å². The molecule has 1 aliphatic rings. The van der Waals surface area contributed by atoms with Crippen LogP contribution < -0.4 is 0 Å². The number of ether oxygens (including phenoxy) is 2. The van der Waals surface area contributed by atoms with E-state index in [1.807, 2.05) is 20.8 Å². The van der Waals surface area contributed by atoms with Gasteiger partial charge in [0, 0.05) is 12.7 Å². The van der Waals surface area contributed by atoms with E-state index in [9.17, 15) is 4.79 Å². The highest BCUT2D eigenvalue weighted by molar-refractivity contribution is 7.15. The molecule has 0 unspecified atom stereocenters. The lowest BCUT2D eigenvalue weighted by Crippen LogP contribution is -2.48. The number of hydrogen-bond acceptors (Lipinski definition) is 5. The van der Waals surface area contributed by atoms with Crippen LogP contribution in [0.1, 0.15) is 44.9 Å². The number of amides is 1. The number of thiazole rings is 1. The van der Waals surface area contributed by atoms with Crippen LogP contribution in [0.3, 0.4) is 0 Å². The van der Waals surface area contributed by atoms with Crippen molar-refractivity contribution in [3.05, 3.63) is 15.5 Å². The van der Waals surface area contributed by atoms with Gasteiger partial charge in [-0.2, -0.15) is 0 Å². The van der Waals surface area contributed by atoms with Gasteiger partial charge in [-0.15, -0.1) is 11.3 Å². The Balaban J connectivity index is 1.85. The van der Waals surface area contributed by atoms with E-state index in [1.165, 1.54) is 11.3 Å². The molecule has 1 saturated heterocycles. The van der Waals surface area contributed by atoms with Gasteiger partial charge in [0.15, 0.2) is 4.47 Å². The van der Waals surface area contributed by atoms with Gasteiger partial charge in [0.1, 0.15) is 5.60 Å². The lowest BCUT2D eigenvalue weighted by molar-refractivity contribution is -0.00972. The van der Waals surface area contributed by atoms with Crippen molar-refractivity contribution in [1.29, 1.82) is 0 Å². The number of nitrogens with zero attached hydrogens (tertiary/aromatic N) is 2. The maximum absolute atomic E-state index is 12.3. The van der Waals surface area contributed by atoms with Crippen LogP contribution in [0.5, 0.6) is 0 Å². The summed E-state index contributed by atoms with van der Waals surface area (Å²) in [6.45, 7) is 7.36. The maximum Gasteiger partial charge on any atom is 0.410 e. The van der Waals surface area contributed by atoms with E-state index in [0.717, 1.165) is 30.7 Å². The van der Waals surface area contributed by atoms with Crippen LogP contribution in [0.25, 0.3) is 0 Å². The van der Waals surface area contributed by atoms with E-state index >= 15 is 0 Å². The topological polar surface area (TPSA) is 51.7 Å². The number of carbonyl (C=O) groups is 1. The summed E-state index contributed by atoms with van der Waals surface area (Å²) in [7, 11) is 0. The Morgan fingerprint density at radius 2 is 2.27 bits per heavy atom. The standard InChI is InChI=1S/C15H23ClN2O3S/c1-15(2,3)21-14(19)18-7-5-4-6-11(18)9-20-10-12-8-17-13(16)22-12/h8,11H,4-7,9-10H2,1-3H3/t11-/m1/s1. The Labute approximate surface area is 140 Å². The summed E-state index contributed by atoms with van der Waals surface area (Å²) in [4.78, 5) is 19.1. The second-order valence-electron chi connectivity index (χ2n) is 6.42. The van der Waals surface area contributed by atoms with Crippen molar-refractivity contribution < 1.29 is 14.3 Å². The molecule has 1 amide bonds. The lowest BCUT2D eigenvalue weighted by Gasteiger charge is -2.36. The molecule has 0 saturated carbocycles. The zero-order valence-corrected chi connectivity index (χ0v) is 14.9. The summed E-state index contributed by atoms with van der Waals surface area (Å²) >= 11 is 7.21. The fraction of sp³-hybridized carbons (Fsp3) is 0.733. The summed E-state index contributed by atoms with van der Waals surface area (Å²) < 4.78 is 11.7. The third-order valence-electron chi connectivity index (χ3n) is 3.34. The molecule has 0 aromatic carbocycles. The molecule has 5 nitrogen and oxygen atoms in total. The van der Waals surface area contributed by atoms with Crippen molar-refractivity contribution in [2.45, 2.75) is 58.3 Å². The van der Waals surface area contributed by atoms with E-state index in [-0.39, 0.29) is 12.1 Å². The highest BCUT2D eigenvalue weighted by atomic mass is 35.5. The van der Waals surface area contributed by atoms with Crippen molar-refractivity contribution in [2.24, 2.45) is 0 Å². The first-order valence-corrected chi connectivity index (χ1v) is 8.72. The molecule has 0 aliphatic carbocycles. The Morgan fingerprint density at radius 3 is 2.91 bits per heavy atom. The molecule has 0 N–H and O–H groups in total. The number of carbonyl (C=O) groups excluding carboxylic acids is 1. The Bertz CT molecular complexity index is 501. The van der Waals surface area contributed by atoms with E-state index in [0.29, 0.717) is 17.7 Å². The fourth-order valence-corrected chi connectivity index (χ4v) is 3.30. The molecule has 1 aromatic heterocycles. The van der Waals surface area contributed by atoms with Crippen molar-refractivity contribution >= 4 is 29.0 Å². The summed E-state index contributed by atoms with van der Waals surface area (Å²) in [5, 5.41) is 0. The monoisotopic (exact) mass is 346 g/mol. The molecule has 124 valence electrons. The van der Waals surface area contributed by atoms with Gasteiger partial charge in [-0.25, -0.2) is 9.78 Å². The molecule has 1 atom stereocenters. The van der Waals surface area contributed by atoms with Gasteiger partial charge >= 0.3 is 6.09 Å². The van der Waals surface area contributed by atoms with Crippen LogP contribution in [-0.2, 0) is 16.1 Å². The maximum atomic E-state index is 12.3. The normalized spacial score (nSPS) is 19.3. The van der Waals surface area contributed by atoms with Crippen LogP contribution >= 0.6 is 22.9 Å². The molecule has 2 rings (SSSR count). The van der Waals surface area contributed by atoms with E-state index < -0.39 is 5.60 Å². The van der Waals surface area contributed by atoms with Gasteiger partial charge in [0.2, 0.25) is 0 Å². The first kappa shape index (κ1) is 17.5. The minimum atomic E-state index is -0.473. The largest absolute Gasteiger partial charge is 0.444 e. The number of piperidine rings is 1. The summed E-state index contributed by atoms with van der Waals surface area (Å²) in [6.07, 6.45) is 4.55. The Kier molecular flexibility index (Phi) is 6.06. The SMILES string of the molecule is CC(C)(C)OC(=O)N1CCCC[C@@H]1COCc1cnc(Cl)s1. The first-order valence-electron chi connectivity index (χ1n) is 7.53. The zero-order valence-electron chi connectivity index (χ0n) is 13.3. The number of halogens is 1. The molecule has 1 aromatic rings. The van der Waals surface area contributed by atoms with E-state index in [1.54, 1.807) is 11.1 Å². The van der Waals surface area contributed by atoms with Gasteiger partial charge in [0.05, 0.1) is 24.1 Å². The molecule has 0 bridgehead atoms. The highest BCUT2D eigenvalue weighted by Gasteiger charge is 2.30. The lowest BCUT2D eigenvalue weighted by atomic mass is 10.0. The minimum Gasteiger partial charge on any atom is -0.444 e. The van der Waals surface area contributed by atoms with Crippen molar-refractivity contribution in [2.75, 3.05) is 13.2 Å². The first-order chi connectivity index (χ1) is 10.3. The average Bonchev–Trinajstić information content (AvgIpc) is 2.83. The van der Waals surface area contributed by atoms with Gasteiger partial charge in [-0.3, -0.25) is 0 Å². The molecular formula is C15H23ClN2O3S. The third-order valence-corrected chi connectivity index (χ3v) is 4.42.